The van der Waals surface area contributed by atoms with Crippen molar-refractivity contribution < 1.29 is 4.74 Å². The monoisotopic (exact) mass is 247 g/mol. The number of benzene rings is 1. The fourth-order valence-corrected chi connectivity index (χ4v) is 3.17. The zero-order valence-electron chi connectivity index (χ0n) is 11.8. The van der Waals surface area contributed by atoms with E-state index in [9.17, 15) is 0 Å². The lowest BCUT2D eigenvalue weighted by atomic mass is 9.69. The van der Waals surface area contributed by atoms with E-state index in [0.717, 1.165) is 5.75 Å². The molecule has 0 spiro atoms. The van der Waals surface area contributed by atoms with Crippen LogP contribution in [0.3, 0.4) is 0 Å². The average Bonchev–Trinajstić information content (AvgIpc) is 2.38. The van der Waals surface area contributed by atoms with Gasteiger partial charge in [-0.1, -0.05) is 38.3 Å². The van der Waals surface area contributed by atoms with E-state index >= 15 is 0 Å². The first-order valence-corrected chi connectivity index (χ1v) is 6.97. The number of methoxy groups -OCH3 is 1. The average molecular weight is 247 g/mol. The Balaban J connectivity index is 2.22. The molecule has 2 heteroatoms. The smallest absolute Gasteiger partial charge is 0.121 e. The van der Waals surface area contributed by atoms with Crippen LogP contribution in [0.2, 0.25) is 0 Å². The number of hydrogen-bond donors (Lipinski definition) is 1. The second-order valence-corrected chi connectivity index (χ2v) is 5.92. The van der Waals surface area contributed by atoms with Gasteiger partial charge in [-0.15, -0.1) is 0 Å². The Morgan fingerprint density at radius 1 is 1.22 bits per heavy atom. The Morgan fingerprint density at radius 3 is 2.44 bits per heavy atom. The van der Waals surface area contributed by atoms with Gasteiger partial charge in [0.25, 0.3) is 0 Å². The van der Waals surface area contributed by atoms with E-state index in [2.05, 4.69) is 26.0 Å². The number of rotatable bonds is 3. The third kappa shape index (κ3) is 2.54. The number of hydrogen-bond acceptors (Lipinski definition) is 2. The number of nitrogens with two attached hydrogens (primary N) is 1. The first-order valence-electron chi connectivity index (χ1n) is 6.97. The van der Waals surface area contributed by atoms with Crippen molar-refractivity contribution in [1.29, 1.82) is 0 Å². The lowest BCUT2D eigenvalue weighted by Crippen LogP contribution is -2.33. The molecule has 0 bridgehead atoms. The Kier molecular flexibility index (Phi) is 3.96. The number of ether oxygens (including phenoxy) is 1. The summed E-state index contributed by atoms with van der Waals surface area (Å²) in [4.78, 5) is 0. The van der Waals surface area contributed by atoms with E-state index in [1.54, 1.807) is 7.11 Å². The first-order chi connectivity index (χ1) is 8.57. The molecule has 1 aliphatic rings. The van der Waals surface area contributed by atoms with Gasteiger partial charge in [-0.2, -0.15) is 0 Å². The van der Waals surface area contributed by atoms with Crippen molar-refractivity contribution in [2.75, 3.05) is 7.11 Å². The molecule has 0 aromatic heterocycles. The molecule has 2 nitrogen and oxygen atoms in total. The molecule has 2 rings (SSSR count). The van der Waals surface area contributed by atoms with Gasteiger partial charge in [-0.25, -0.2) is 0 Å². The van der Waals surface area contributed by atoms with Crippen LogP contribution < -0.4 is 10.5 Å². The van der Waals surface area contributed by atoms with Crippen molar-refractivity contribution in [3.05, 3.63) is 29.3 Å². The van der Waals surface area contributed by atoms with Crippen molar-refractivity contribution in [1.82, 2.24) is 0 Å². The predicted molar refractivity (Wildman–Crippen MR) is 75.9 cm³/mol. The van der Waals surface area contributed by atoms with Gasteiger partial charge in [-0.3, -0.25) is 0 Å². The second kappa shape index (κ2) is 5.31. The Morgan fingerprint density at radius 2 is 1.89 bits per heavy atom. The normalized spacial score (nSPS) is 20.4. The van der Waals surface area contributed by atoms with E-state index in [-0.39, 0.29) is 11.5 Å². The highest BCUT2D eigenvalue weighted by Gasteiger charge is 2.34. The molecular formula is C16H25NO. The van der Waals surface area contributed by atoms with Crippen LogP contribution in [-0.4, -0.2) is 7.11 Å². The van der Waals surface area contributed by atoms with Crippen LogP contribution in [-0.2, 0) is 0 Å². The predicted octanol–water partition coefficient (Wildman–Crippen LogP) is 3.97. The summed E-state index contributed by atoms with van der Waals surface area (Å²) in [6.07, 6.45) is 6.50. The van der Waals surface area contributed by atoms with Gasteiger partial charge >= 0.3 is 0 Å². The Labute approximate surface area is 111 Å². The standard InChI is InChI=1S/C16H25NO/c1-12-11-13(7-8-14(12)18-3)15(17)16(2)9-5-4-6-10-16/h7-8,11,15H,4-6,9-10,17H2,1-3H3. The molecule has 1 atom stereocenters. The molecule has 0 amide bonds. The first kappa shape index (κ1) is 13.4. The van der Waals surface area contributed by atoms with Gasteiger partial charge in [0, 0.05) is 6.04 Å². The largest absolute Gasteiger partial charge is 0.496 e. The molecule has 0 saturated heterocycles. The summed E-state index contributed by atoms with van der Waals surface area (Å²) < 4.78 is 5.31. The van der Waals surface area contributed by atoms with E-state index in [0.29, 0.717) is 0 Å². The highest BCUT2D eigenvalue weighted by molar-refractivity contribution is 5.37. The van der Waals surface area contributed by atoms with Gasteiger partial charge < -0.3 is 10.5 Å². The summed E-state index contributed by atoms with van der Waals surface area (Å²) in [6, 6.07) is 6.48. The highest BCUT2D eigenvalue weighted by atomic mass is 16.5. The topological polar surface area (TPSA) is 35.2 Å². The third-order valence-electron chi connectivity index (χ3n) is 4.52. The van der Waals surface area contributed by atoms with Gasteiger partial charge in [0.1, 0.15) is 5.75 Å². The van der Waals surface area contributed by atoms with E-state index in [4.69, 9.17) is 10.5 Å². The van der Waals surface area contributed by atoms with Crippen molar-refractivity contribution in [2.45, 2.75) is 52.0 Å². The van der Waals surface area contributed by atoms with Crippen molar-refractivity contribution >= 4 is 0 Å². The van der Waals surface area contributed by atoms with Crippen molar-refractivity contribution in [3.63, 3.8) is 0 Å². The third-order valence-corrected chi connectivity index (χ3v) is 4.52. The SMILES string of the molecule is COc1ccc(C(N)C2(C)CCCCC2)cc1C. The van der Waals surface area contributed by atoms with E-state index in [1.807, 2.05) is 6.07 Å². The minimum absolute atomic E-state index is 0.141. The molecule has 0 aliphatic heterocycles. The van der Waals surface area contributed by atoms with Crippen LogP contribution in [0.4, 0.5) is 0 Å². The number of aryl methyl sites for hydroxylation is 1. The molecule has 1 aromatic rings. The summed E-state index contributed by atoms with van der Waals surface area (Å²) >= 11 is 0. The maximum atomic E-state index is 6.52. The van der Waals surface area contributed by atoms with E-state index in [1.165, 1.54) is 43.2 Å². The molecule has 18 heavy (non-hydrogen) atoms. The fourth-order valence-electron chi connectivity index (χ4n) is 3.17. The molecule has 1 saturated carbocycles. The highest BCUT2D eigenvalue weighted by Crippen LogP contribution is 2.44. The molecule has 0 radical (unpaired) electrons. The molecular weight excluding hydrogens is 222 g/mol. The molecule has 1 aliphatic carbocycles. The summed E-state index contributed by atoms with van der Waals surface area (Å²) in [5.74, 6) is 0.944. The minimum atomic E-state index is 0.141. The fraction of sp³-hybridized carbons (Fsp3) is 0.625. The van der Waals surface area contributed by atoms with Crippen molar-refractivity contribution in [2.24, 2.45) is 11.1 Å². The van der Waals surface area contributed by atoms with Crippen LogP contribution in [0, 0.1) is 12.3 Å². The van der Waals surface area contributed by atoms with Crippen molar-refractivity contribution in [3.8, 4) is 5.75 Å². The molecule has 0 heterocycles. The summed E-state index contributed by atoms with van der Waals surface area (Å²) in [7, 11) is 1.71. The maximum Gasteiger partial charge on any atom is 0.121 e. The zero-order valence-corrected chi connectivity index (χ0v) is 11.8. The van der Waals surface area contributed by atoms with Crippen LogP contribution in [0.5, 0.6) is 5.75 Å². The second-order valence-electron chi connectivity index (χ2n) is 5.92. The summed E-state index contributed by atoms with van der Waals surface area (Å²) in [5.41, 5.74) is 9.21. The zero-order chi connectivity index (χ0) is 13.2. The van der Waals surface area contributed by atoms with Gasteiger partial charge in [-0.05, 0) is 42.4 Å². The van der Waals surface area contributed by atoms with Crippen LogP contribution in [0.15, 0.2) is 18.2 Å². The molecule has 1 aromatic carbocycles. The lowest BCUT2D eigenvalue weighted by molar-refractivity contribution is 0.170. The summed E-state index contributed by atoms with van der Waals surface area (Å²) in [5, 5.41) is 0. The minimum Gasteiger partial charge on any atom is -0.496 e. The Bertz CT molecular complexity index is 408. The van der Waals surface area contributed by atoms with Crippen LogP contribution >= 0.6 is 0 Å². The van der Waals surface area contributed by atoms with E-state index < -0.39 is 0 Å². The quantitative estimate of drug-likeness (QED) is 0.877. The molecule has 2 N–H and O–H groups in total. The van der Waals surface area contributed by atoms with Crippen LogP contribution in [0.1, 0.15) is 56.2 Å². The molecule has 1 fully saturated rings. The van der Waals surface area contributed by atoms with Gasteiger partial charge in [0.2, 0.25) is 0 Å². The molecule has 1 unspecified atom stereocenters. The Hall–Kier alpha value is -1.02. The van der Waals surface area contributed by atoms with Crippen LogP contribution in [0.25, 0.3) is 0 Å². The lowest BCUT2D eigenvalue weighted by Gasteiger charge is -2.39. The maximum absolute atomic E-state index is 6.52. The summed E-state index contributed by atoms with van der Waals surface area (Å²) in [6.45, 7) is 4.43. The van der Waals surface area contributed by atoms with Gasteiger partial charge in [0.05, 0.1) is 7.11 Å². The molecule has 100 valence electrons. The van der Waals surface area contributed by atoms with Gasteiger partial charge in [0.15, 0.2) is 0 Å².